The lowest BCUT2D eigenvalue weighted by atomic mass is 9.83. The van der Waals surface area contributed by atoms with Gasteiger partial charge in [-0.1, -0.05) is 38.2 Å². The molecule has 0 aliphatic heterocycles. The van der Waals surface area contributed by atoms with Gasteiger partial charge in [-0.15, -0.1) is 11.3 Å². The third-order valence-corrected chi connectivity index (χ3v) is 6.48. The molecule has 2 fully saturated rings. The summed E-state index contributed by atoms with van der Waals surface area (Å²) >= 11 is 1.94. The highest BCUT2D eigenvalue weighted by Crippen LogP contribution is 2.38. The van der Waals surface area contributed by atoms with Crippen LogP contribution in [0.1, 0.15) is 75.6 Å². The van der Waals surface area contributed by atoms with Crippen LogP contribution in [0.2, 0.25) is 0 Å². The van der Waals surface area contributed by atoms with Crippen molar-refractivity contribution >= 4 is 11.3 Å². The fraction of sp³-hybridized carbons (Fsp3) is 0.778. The van der Waals surface area contributed by atoms with E-state index < -0.39 is 0 Å². The highest BCUT2D eigenvalue weighted by Gasteiger charge is 2.30. The minimum absolute atomic E-state index is 0.620. The van der Waals surface area contributed by atoms with Crippen molar-refractivity contribution in [2.24, 2.45) is 11.8 Å². The van der Waals surface area contributed by atoms with E-state index in [1.165, 1.54) is 57.8 Å². The van der Waals surface area contributed by atoms with Crippen LogP contribution in [0.5, 0.6) is 0 Å². The zero-order valence-electron chi connectivity index (χ0n) is 12.8. The van der Waals surface area contributed by atoms with Gasteiger partial charge in [-0.3, -0.25) is 0 Å². The first-order valence-corrected chi connectivity index (χ1v) is 9.52. The molecule has 0 aromatic carbocycles. The van der Waals surface area contributed by atoms with Crippen molar-refractivity contribution in [3.8, 4) is 0 Å². The third-order valence-electron chi connectivity index (χ3n) is 5.52. The predicted octanol–water partition coefficient (Wildman–Crippen LogP) is 5.54. The summed E-state index contributed by atoms with van der Waals surface area (Å²) in [6.07, 6.45) is 13.0. The van der Waals surface area contributed by atoms with Crippen LogP contribution in [-0.4, -0.2) is 6.04 Å². The Morgan fingerprint density at radius 2 is 1.65 bits per heavy atom. The van der Waals surface area contributed by atoms with Gasteiger partial charge in [0.15, 0.2) is 0 Å². The Bertz CT molecular complexity index is 374. The molecule has 0 spiro atoms. The topological polar surface area (TPSA) is 12.0 Å². The quantitative estimate of drug-likeness (QED) is 0.751. The second-order valence-electron chi connectivity index (χ2n) is 6.89. The van der Waals surface area contributed by atoms with Gasteiger partial charge >= 0.3 is 0 Å². The van der Waals surface area contributed by atoms with E-state index in [4.69, 9.17) is 0 Å². The van der Waals surface area contributed by atoms with Crippen molar-refractivity contribution < 1.29 is 0 Å². The zero-order chi connectivity index (χ0) is 13.8. The molecule has 2 aliphatic rings. The molecule has 20 heavy (non-hydrogen) atoms. The minimum atomic E-state index is 0.620. The Kier molecular flexibility index (Phi) is 5.17. The van der Waals surface area contributed by atoms with Crippen molar-refractivity contribution in [3.63, 3.8) is 0 Å². The summed E-state index contributed by atoms with van der Waals surface area (Å²) < 4.78 is 0. The molecule has 2 heteroatoms. The molecule has 1 aromatic heterocycles. The molecule has 1 nitrogen and oxygen atoms in total. The number of nitrogens with one attached hydrogen (secondary N) is 1. The average Bonchev–Trinajstić information content (AvgIpc) is 3.19. The van der Waals surface area contributed by atoms with Gasteiger partial charge in [0.2, 0.25) is 0 Å². The van der Waals surface area contributed by atoms with Gasteiger partial charge < -0.3 is 5.32 Å². The number of hydrogen-bond acceptors (Lipinski definition) is 2. The van der Waals surface area contributed by atoms with Crippen LogP contribution in [0.4, 0.5) is 0 Å². The van der Waals surface area contributed by atoms with E-state index in [9.17, 15) is 0 Å². The summed E-state index contributed by atoms with van der Waals surface area (Å²) in [5.74, 6) is 1.78. The van der Waals surface area contributed by atoms with Crippen molar-refractivity contribution in [2.75, 3.05) is 0 Å². The fourth-order valence-corrected chi connectivity index (χ4v) is 5.14. The summed E-state index contributed by atoms with van der Waals surface area (Å²) in [7, 11) is 0. The fourth-order valence-electron chi connectivity index (χ4n) is 4.26. The molecule has 0 saturated heterocycles. The first kappa shape index (κ1) is 14.6. The summed E-state index contributed by atoms with van der Waals surface area (Å²) in [6, 6.07) is 5.86. The van der Waals surface area contributed by atoms with Crippen LogP contribution >= 0.6 is 11.3 Å². The lowest BCUT2D eigenvalue weighted by Gasteiger charge is -2.34. The second kappa shape index (κ2) is 7.09. The Morgan fingerprint density at radius 1 is 1.00 bits per heavy atom. The normalized spacial score (nSPS) is 24.9. The van der Waals surface area contributed by atoms with E-state index in [-0.39, 0.29) is 0 Å². The molecule has 2 aliphatic carbocycles. The summed E-state index contributed by atoms with van der Waals surface area (Å²) in [5.41, 5.74) is 0. The maximum absolute atomic E-state index is 4.04. The Morgan fingerprint density at radius 3 is 2.30 bits per heavy atom. The van der Waals surface area contributed by atoms with Crippen molar-refractivity contribution in [1.29, 1.82) is 0 Å². The van der Waals surface area contributed by atoms with Gasteiger partial charge in [0.1, 0.15) is 0 Å². The maximum Gasteiger partial charge on any atom is 0.0445 e. The van der Waals surface area contributed by atoms with E-state index in [1.54, 1.807) is 4.88 Å². The molecular formula is C18H29NS. The lowest BCUT2D eigenvalue weighted by Crippen LogP contribution is -2.39. The van der Waals surface area contributed by atoms with Gasteiger partial charge in [-0.25, -0.2) is 0 Å². The Labute approximate surface area is 128 Å². The van der Waals surface area contributed by atoms with Crippen LogP contribution in [0.15, 0.2) is 17.5 Å². The average molecular weight is 292 g/mol. The van der Waals surface area contributed by atoms with Crippen LogP contribution in [0, 0.1) is 11.8 Å². The SMILES string of the molecule is C[C@H](NC(c1cccs1)C1CCCC1)C1CCCCC1. The summed E-state index contributed by atoms with van der Waals surface area (Å²) in [4.78, 5) is 1.57. The van der Waals surface area contributed by atoms with Gasteiger partial charge in [0.25, 0.3) is 0 Å². The highest BCUT2D eigenvalue weighted by molar-refractivity contribution is 7.10. The molecular weight excluding hydrogens is 262 g/mol. The minimum Gasteiger partial charge on any atom is -0.306 e. The van der Waals surface area contributed by atoms with E-state index in [0.29, 0.717) is 12.1 Å². The molecule has 1 heterocycles. The number of thiophene rings is 1. The molecule has 0 amide bonds. The van der Waals surface area contributed by atoms with Gasteiger partial charge in [-0.05, 0) is 55.9 Å². The van der Waals surface area contributed by atoms with E-state index >= 15 is 0 Å². The monoisotopic (exact) mass is 291 g/mol. The molecule has 2 atom stereocenters. The van der Waals surface area contributed by atoms with Crippen molar-refractivity contribution in [1.82, 2.24) is 5.32 Å². The lowest BCUT2D eigenvalue weighted by molar-refractivity contribution is 0.239. The molecule has 0 bridgehead atoms. The van der Waals surface area contributed by atoms with Crippen molar-refractivity contribution in [3.05, 3.63) is 22.4 Å². The standard InChI is InChI=1S/C18H29NS/c1-14(15-8-3-2-4-9-15)19-18(16-10-5-6-11-16)17-12-7-13-20-17/h7,12-16,18-19H,2-6,8-11H2,1H3/t14-,18?/m0/s1. The highest BCUT2D eigenvalue weighted by atomic mass is 32.1. The van der Waals surface area contributed by atoms with Crippen LogP contribution in [-0.2, 0) is 0 Å². The first-order valence-electron chi connectivity index (χ1n) is 8.64. The number of hydrogen-bond donors (Lipinski definition) is 1. The largest absolute Gasteiger partial charge is 0.306 e. The Hall–Kier alpha value is -0.340. The van der Waals surface area contributed by atoms with Crippen LogP contribution < -0.4 is 5.32 Å². The van der Waals surface area contributed by atoms with E-state index in [1.807, 2.05) is 11.3 Å². The third kappa shape index (κ3) is 3.46. The van der Waals surface area contributed by atoms with Crippen LogP contribution in [0.25, 0.3) is 0 Å². The van der Waals surface area contributed by atoms with E-state index in [2.05, 4.69) is 29.8 Å². The molecule has 0 radical (unpaired) electrons. The molecule has 1 N–H and O–H groups in total. The Balaban J connectivity index is 1.66. The first-order chi connectivity index (χ1) is 9.84. The van der Waals surface area contributed by atoms with Gasteiger partial charge in [-0.2, -0.15) is 0 Å². The summed E-state index contributed by atoms with van der Waals surface area (Å²) in [6.45, 7) is 2.44. The summed E-state index contributed by atoms with van der Waals surface area (Å²) in [5, 5.41) is 6.28. The number of rotatable bonds is 5. The van der Waals surface area contributed by atoms with Crippen molar-refractivity contribution in [2.45, 2.75) is 76.8 Å². The van der Waals surface area contributed by atoms with Gasteiger partial charge in [0.05, 0.1) is 0 Å². The molecule has 2 saturated carbocycles. The van der Waals surface area contributed by atoms with Crippen LogP contribution in [0.3, 0.4) is 0 Å². The second-order valence-corrected chi connectivity index (χ2v) is 7.87. The predicted molar refractivity (Wildman–Crippen MR) is 88.2 cm³/mol. The van der Waals surface area contributed by atoms with E-state index in [0.717, 1.165) is 11.8 Å². The zero-order valence-corrected chi connectivity index (χ0v) is 13.6. The van der Waals surface area contributed by atoms with Gasteiger partial charge in [0, 0.05) is 17.0 Å². The molecule has 112 valence electrons. The smallest absolute Gasteiger partial charge is 0.0445 e. The molecule has 1 unspecified atom stereocenters. The molecule has 3 rings (SSSR count). The molecule has 1 aromatic rings. The maximum atomic E-state index is 4.04.